The van der Waals surface area contributed by atoms with Crippen LogP contribution in [0.5, 0.6) is 0 Å². The van der Waals surface area contributed by atoms with Crippen molar-refractivity contribution in [2.75, 3.05) is 33.4 Å². The molecule has 1 aliphatic rings. The molecule has 0 unspecified atom stereocenters. The Bertz CT molecular complexity index is 300. The number of aliphatic hydroxyl groups is 1. The van der Waals surface area contributed by atoms with E-state index in [1.807, 2.05) is 0 Å². The third-order valence-electron chi connectivity index (χ3n) is 3.09. The van der Waals surface area contributed by atoms with Gasteiger partial charge in [-0.25, -0.2) is 0 Å². The first-order chi connectivity index (χ1) is 8.43. The van der Waals surface area contributed by atoms with Gasteiger partial charge in [-0.2, -0.15) is 0 Å². The Labute approximate surface area is 107 Å². The first-order valence-electron chi connectivity index (χ1n) is 6.21. The van der Waals surface area contributed by atoms with E-state index in [-0.39, 0.29) is 18.2 Å². The summed E-state index contributed by atoms with van der Waals surface area (Å²) in [4.78, 5) is 24.0. The Morgan fingerprint density at radius 2 is 2.00 bits per heavy atom. The molecule has 2 N–H and O–H groups in total. The zero-order valence-corrected chi connectivity index (χ0v) is 11.1. The smallest absolute Gasteiger partial charge is 0.224 e. The number of nitrogens with one attached hydrogen (secondary N) is 1. The van der Waals surface area contributed by atoms with Crippen molar-refractivity contribution in [2.45, 2.75) is 31.8 Å². The average molecular weight is 258 g/mol. The molecule has 104 valence electrons. The summed E-state index contributed by atoms with van der Waals surface area (Å²) in [7, 11) is 1.67. The normalized spacial score (nSPS) is 18.2. The van der Waals surface area contributed by atoms with E-state index < -0.39 is 5.60 Å². The molecule has 0 spiro atoms. The molecule has 0 saturated carbocycles. The molecule has 1 saturated heterocycles. The molecule has 0 aromatic heterocycles. The van der Waals surface area contributed by atoms with Gasteiger partial charge in [0.15, 0.2) is 0 Å². The third-order valence-corrected chi connectivity index (χ3v) is 3.09. The average Bonchev–Trinajstić information content (AvgIpc) is 2.28. The van der Waals surface area contributed by atoms with E-state index in [4.69, 9.17) is 4.74 Å². The standard InChI is InChI=1S/C12H22N2O4/c1-10(15)13-6-3-11(16)14(2)9-12(17)4-7-18-8-5-12/h17H,3-9H2,1-2H3,(H,13,15). The Morgan fingerprint density at radius 1 is 1.39 bits per heavy atom. The van der Waals surface area contributed by atoms with E-state index in [2.05, 4.69) is 5.32 Å². The van der Waals surface area contributed by atoms with Gasteiger partial charge in [0.05, 0.1) is 5.60 Å². The number of hydrogen-bond donors (Lipinski definition) is 2. The highest BCUT2D eigenvalue weighted by molar-refractivity contribution is 5.77. The molecule has 6 nitrogen and oxygen atoms in total. The number of nitrogens with zero attached hydrogens (tertiary/aromatic N) is 1. The van der Waals surface area contributed by atoms with E-state index in [1.54, 1.807) is 7.05 Å². The van der Waals surface area contributed by atoms with E-state index in [9.17, 15) is 14.7 Å². The minimum atomic E-state index is -0.837. The summed E-state index contributed by atoms with van der Waals surface area (Å²) < 4.78 is 5.19. The fourth-order valence-corrected chi connectivity index (χ4v) is 1.98. The zero-order valence-electron chi connectivity index (χ0n) is 11.1. The lowest BCUT2D eigenvalue weighted by molar-refractivity contribution is -0.136. The second-order valence-corrected chi connectivity index (χ2v) is 4.82. The van der Waals surface area contributed by atoms with Gasteiger partial charge in [-0.05, 0) is 0 Å². The SMILES string of the molecule is CC(=O)NCCC(=O)N(C)CC1(O)CCOCC1. The van der Waals surface area contributed by atoms with Crippen molar-refractivity contribution in [3.8, 4) is 0 Å². The van der Waals surface area contributed by atoms with Crippen molar-refractivity contribution in [3.05, 3.63) is 0 Å². The first kappa shape index (κ1) is 14.9. The molecule has 1 rings (SSSR count). The summed E-state index contributed by atoms with van der Waals surface area (Å²) in [5, 5.41) is 12.8. The summed E-state index contributed by atoms with van der Waals surface area (Å²) >= 11 is 0. The molecular formula is C12H22N2O4. The Balaban J connectivity index is 2.32. The van der Waals surface area contributed by atoms with Gasteiger partial charge in [-0.3, -0.25) is 9.59 Å². The van der Waals surface area contributed by atoms with Gasteiger partial charge in [0.25, 0.3) is 0 Å². The molecular weight excluding hydrogens is 236 g/mol. The Hall–Kier alpha value is -1.14. The molecule has 0 radical (unpaired) electrons. The van der Waals surface area contributed by atoms with Gasteiger partial charge in [-0.15, -0.1) is 0 Å². The predicted octanol–water partition coefficient (Wildman–Crippen LogP) is -0.487. The van der Waals surface area contributed by atoms with Crippen LogP contribution in [-0.2, 0) is 14.3 Å². The van der Waals surface area contributed by atoms with Gasteiger partial charge in [0, 0.05) is 59.5 Å². The number of hydrogen-bond acceptors (Lipinski definition) is 4. The minimum Gasteiger partial charge on any atom is -0.388 e. The second kappa shape index (κ2) is 6.70. The molecule has 1 fully saturated rings. The summed E-state index contributed by atoms with van der Waals surface area (Å²) in [5.41, 5.74) is -0.837. The van der Waals surface area contributed by atoms with E-state index in [1.165, 1.54) is 11.8 Å². The minimum absolute atomic E-state index is 0.0799. The molecule has 0 aromatic rings. The van der Waals surface area contributed by atoms with Crippen molar-refractivity contribution in [2.24, 2.45) is 0 Å². The van der Waals surface area contributed by atoms with Crippen molar-refractivity contribution >= 4 is 11.8 Å². The Kier molecular flexibility index (Phi) is 5.55. The topological polar surface area (TPSA) is 78.9 Å². The fourth-order valence-electron chi connectivity index (χ4n) is 1.98. The number of amides is 2. The fraction of sp³-hybridized carbons (Fsp3) is 0.833. The van der Waals surface area contributed by atoms with E-state index in [0.29, 0.717) is 39.1 Å². The van der Waals surface area contributed by atoms with Gasteiger partial charge >= 0.3 is 0 Å². The monoisotopic (exact) mass is 258 g/mol. The highest BCUT2D eigenvalue weighted by atomic mass is 16.5. The van der Waals surface area contributed by atoms with Crippen LogP contribution in [0.3, 0.4) is 0 Å². The predicted molar refractivity (Wildman–Crippen MR) is 65.9 cm³/mol. The summed E-state index contributed by atoms with van der Waals surface area (Å²) in [6.07, 6.45) is 1.36. The molecule has 0 aliphatic carbocycles. The summed E-state index contributed by atoms with van der Waals surface area (Å²) in [5.74, 6) is -0.225. The van der Waals surface area contributed by atoms with Crippen LogP contribution in [-0.4, -0.2) is 60.8 Å². The van der Waals surface area contributed by atoms with E-state index in [0.717, 1.165) is 0 Å². The van der Waals surface area contributed by atoms with Crippen LogP contribution in [0.15, 0.2) is 0 Å². The van der Waals surface area contributed by atoms with Crippen LogP contribution in [0.25, 0.3) is 0 Å². The van der Waals surface area contributed by atoms with Gasteiger partial charge in [0.2, 0.25) is 11.8 Å². The number of carbonyl (C=O) groups excluding carboxylic acids is 2. The molecule has 2 amide bonds. The summed E-state index contributed by atoms with van der Waals surface area (Å²) in [6.45, 7) is 3.13. The van der Waals surface area contributed by atoms with Gasteiger partial charge in [0.1, 0.15) is 0 Å². The molecule has 0 atom stereocenters. The van der Waals surface area contributed by atoms with Gasteiger partial charge < -0.3 is 20.1 Å². The van der Waals surface area contributed by atoms with Crippen LogP contribution in [0.1, 0.15) is 26.2 Å². The maximum absolute atomic E-state index is 11.8. The third kappa shape index (κ3) is 5.01. The quantitative estimate of drug-likeness (QED) is 0.697. The molecule has 18 heavy (non-hydrogen) atoms. The molecule has 0 aromatic carbocycles. The highest BCUT2D eigenvalue weighted by Crippen LogP contribution is 2.21. The second-order valence-electron chi connectivity index (χ2n) is 4.82. The lowest BCUT2D eigenvalue weighted by Gasteiger charge is -2.35. The van der Waals surface area contributed by atoms with E-state index >= 15 is 0 Å². The lowest BCUT2D eigenvalue weighted by atomic mass is 9.94. The van der Waals surface area contributed by atoms with Crippen LogP contribution in [0.4, 0.5) is 0 Å². The molecule has 0 bridgehead atoms. The highest BCUT2D eigenvalue weighted by Gasteiger charge is 2.32. The van der Waals surface area contributed by atoms with Crippen LogP contribution < -0.4 is 5.32 Å². The van der Waals surface area contributed by atoms with Crippen molar-refractivity contribution in [3.63, 3.8) is 0 Å². The molecule has 1 heterocycles. The maximum Gasteiger partial charge on any atom is 0.224 e. The first-order valence-corrected chi connectivity index (χ1v) is 6.21. The number of ether oxygens (including phenoxy) is 1. The van der Waals surface area contributed by atoms with Crippen molar-refractivity contribution < 1.29 is 19.4 Å². The molecule has 1 aliphatic heterocycles. The zero-order chi connectivity index (χ0) is 13.6. The van der Waals surface area contributed by atoms with Crippen LogP contribution in [0.2, 0.25) is 0 Å². The maximum atomic E-state index is 11.8. The summed E-state index contributed by atoms with van der Waals surface area (Å²) in [6, 6.07) is 0. The van der Waals surface area contributed by atoms with Crippen LogP contribution >= 0.6 is 0 Å². The number of rotatable bonds is 5. The lowest BCUT2D eigenvalue weighted by Crippen LogP contribution is -2.47. The molecule has 6 heteroatoms. The Morgan fingerprint density at radius 3 is 2.56 bits per heavy atom. The largest absolute Gasteiger partial charge is 0.388 e. The van der Waals surface area contributed by atoms with Gasteiger partial charge in [-0.1, -0.05) is 0 Å². The van der Waals surface area contributed by atoms with Crippen molar-refractivity contribution in [1.29, 1.82) is 0 Å². The van der Waals surface area contributed by atoms with Crippen molar-refractivity contribution in [1.82, 2.24) is 10.2 Å². The number of likely N-dealkylation sites (N-methyl/N-ethyl adjacent to an activating group) is 1. The number of carbonyl (C=O) groups is 2. The van der Waals surface area contributed by atoms with Crippen LogP contribution in [0, 0.1) is 0 Å².